The molecule has 1 amide bonds. The molecule has 4 N–H and O–H groups in total. The Balaban J connectivity index is 1.27. The molecular weight excluding hydrogens is 512 g/mol. The first-order chi connectivity index (χ1) is 19.7. The van der Waals surface area contributed by atoms with Crippen molar-refractivity contribution in [2.75, 3.05) is 32.6 Å². The molecule has 0 radical (unpaired) electrons. The lowest BCUT2D eigenvalue weighted by Crippen LogP contribution is -2.58. The fourth-order valence-corrected chi connectivity index (χ4v) is 6.77. The molecule has 0 saturated heterocycles. The number of anilines is 1. The van der Waals surface area contributed by atoms with Gasteiger partial charge in [-0.1, -0.05) is 54.6 Å². The van der Waals surface area contributed by atoms with Gasteiger partial charge < -0.3 is 25.8 Å². The highest BCUT2D eigenvalue weighted by Crippen LogP contribution is 2.46. The monoisotopic (exact) mass is 556 g/mol. The molecule has 0 atom stereocenters. The number of carbonyl (C=O) groups excluding carboxylic acids is 1. The van der Waals surface area contributed by atoms with Gasteiger partial charge in [0.1, 0.15) is 5.82 Å². The van der Waals surface area contributed by atoms with Gasteiger partial charge in [0, 0.05) is 43.4 Å². The van der Waals surface area contributed by atoms with E-state index in [1.54, 1.807) is 7.11 Å². The van der Waals surface area contributed by atoms with Crippen LogP contribution in [0.15, 0.2) is 66.9 Å². The Morgan fingerprint density at radius 2 is 1.71 bits per heavy atom. The molecule has 0 aliphatic heterocycles. The van der Waals surface area contributed by atoms with E-state index in [1.807, 2.05) is 37.4 Å². The number of nitrogens with two attached hydrogens (primary N) is 1. The Labute approximate surface area is 244 Å². The van der Waals surface area contributed by atoms with E-state index in [1.165, 1.54) is 0 Å². The third-order valence-electron chi connectivity index (χ3n) is 8.98. The number of nitrogens with one attached hydrogen (secondary N) is 1. The van der Waals surface area contributed by atoms with E-state index in [-0.39, 0.29) is 5.91 Å². The van der Waals surface area contributed by atoms with Gasteiger partial charge in [0.2, 0.25) is 5.91 Å². The van der Waals surface area contributed by atoms with Gasteiger partial charge in [0.25, 0.3) is 0 Å². The van der Waals surface area contributed by atoms with Gasteiger partial charge in [-0.2, -0.15) is 0 Å². The van der Waals surface area contributed by atoms with Crippen molar-refractivity contribution < 1.29 is 14.6 Å². The molecule has 7 heteroatoms. The molecular formula is C34H44N4O3. The Morgan fingerprint density at radius 1 is 1.05 bits per heavy atom. The number of methoxy groups -OCH3 is 1. The van der Waals surface area contributed by atoms with E-state index >= 15 is 0 Å². The zero-order valence-corrected chi connectivity index (χ0v) is 24.6. The average molecular weight is 557 g/mol. The van der Waals surface area contributed by atoms with E-state index in [9.17, 15) is 9.90 Å². The summed E-state index contributed by atoms with van der Waals surface area (Å²) >= 11 is 0. The molecule has 0 bridgehead atoms. The summed E-state index contributed by atoms with van der Waals surface area (Å²) in [4.78, 5) is 20.1. The summed E-state index contributed by atoms with van der Waals surface area (Å²) in [6.45, 7) is 3.53. The number of carbonyl (C=O) groups is 1. The fourth-order valence-electron chi connectivity index (χ4n) is 6.77. The summed E-state index contributed by atoms with van der Waals surface area (Å²) in [6.07, 6.45) is 7.84. The second-order valence-corrected chi connectivity index (χ2v) is 12.5. The second-order valence-electron chi connectivity index (χ2n) is 12.5. The van der Waals surface area contributed by atoms with Gasteiger partial charge in [0.05, 0.1) is 12.2 Å². The van der Waals surface area contributed by atoms with Crippen molar-refractivity contribution in [2.24, 2.45) is 11.7 Å². The molecule has 0 spiro atoms. The van der Waals surface area contributed by atoms with Crippen molar-refractivity contribution in [1.82, 2.24) is 9.88 Å². The Hall–Kier alpha value is -3.10. The molecule has 41 heavy (non-hydrogen) atoms. The SMILES string of the molecule is COCCN(C)C1CCC(CC(=O)Nc2cc(-c3ccccc3)c(-c3ccc([C@]4(N)C[C@](C)(O)C4)cc3)cn2)CC1. The predicted molar refractivity (Wildman–Crippen MR) is 164 cm³/mol. The number of likely N-dealkylation sites (N-methyl/N-ethyl adjacent to an activating group) is 1. The van der Waals surface area contributed by atoms with Crippen molar-refractivity contribution in [3.05, 3.63) is 72.4 Å². The van der Waals surface area contributed by atoms with Crippen molar-refractivity contribution in [1.29, 1.82) is 0 Å². The zero-order valence-electron chi connectivity index (χ0n) is 24.6. The number of pyridine rings is 1. The standard InChI is InChI=1S/C34H44N4O3/c1-33(40)22-34(35,23-33)27-13-11-26(12-14-27)30-21-36-31(20-29(30)25-7-5-4-6-8-25)37-32(39)19-24-9-15-28(16-10-24)38(2)17-18-41-3/h4-8,11-14,20-21,24,28,40H,9-10,15-19,22-23,35H2,1-3H3,(H,36,37,39)/t24?,28?,33-,34-. The van der Waals surface area contributed by atoms with Crippen LogP contribution in [0.3, 0.4) is 0 Å². The minimum Gasteiger partial charge on any atom is -0.390 e. The molecule has 0 unspecified atom stereocenters. The van der Waals surface area contributed by atoms with E-state index < -0.39 is 11.1 Å². The summed E-state index contributed by atoms with van der Waals surface area (Å²) in [5, 5.41) is 13.3. The molecule has 2 aliphatic rings. The number of aromatic nitrogens is 1. The first-order valence-corrected chi connectivity index (χ1v) is 14.8. The summed E-state index contributed by atoms with van der Waals surface area (Å²) in [5.41, 5.74) is 10.5. The largest absolute Gasteiger partial charge is 0.390 e. The van der Waals surface area contributed by atoms with Gasteiger partial charge in [-0.3, -0.25) is 4.79 Å². The van der Waals surface area contributed by atoms with Gasteiger partial charge in [0.15, 0.2) is 0 Å². The van der Waals surface area contributed by atoms with Gasteiger partial charge in [-0.05, 0) is 86.7 Å². The lowest BCUT2D eigenvalue weighted by atomic mass is 9.63. The topological polar surface area (TPSA) is 101 Å². The van der Waals surface area contributed by atoms with Crippen molar-refractivity contribution in [2.45, 2.75) is 69.1 Å². The lowest BCUT2D eigenvalue weighted by molar-refractivity contribution is -0.117. The predicted octanol–water partition coefficient (Wildman–Crippen LogP) is 5.58. The molecule has 2 aromatic carbocycles. The summed E-state index contributed by atoms with van der Waals surface area (Å²) < 4.78 is 5.22. The van der Waals surface area contributed by atoms with Crippen LogP contribution < -0.4 is 11.1 Å². The summed E-state index contributed by atoms with van der Waals surface area (Å²) in [5.74, 6) is 0.993. The van der Waals surface area contributed by atoms with E-state index in [2.05, 4.69) is 58.6 Å². The number of benzene rings is 2. The third kappa shape index (κ3) is 7.04. The average Bonchev–Trinajstić information content (AvgIpc) is 2.95. The molecule has 5 rings (SSSR count). The van der Waals surface area contributed by atoms with Crippen LogP contribution >= 0.6 is 0 Å². The van der Waals surface area contributed by atoms with Crippen LogP contribution in [0.4, 0.5) is 5.82 Å². The molecule has 7 nitrogen and oxygen atoms in total. The number of aliphatic hydroxyl groups is 1. The van der Waals surface area contributed by atoms with E-state index in [0.29, 0.717) is 37.0 Å². The fraction of sp³-hybridized carbons (Fsp3) is 0.471. The smallest absolute Gasteiger partial charge is 0.225 e. The molecule has 2 aliphatic carbocycles. The van der Waals surface area contributed by atoms with Crippen LogP contribution in [0.2, 0.25) is 0 Å². The van der Waals surface area contributed by atoms with Crippen LogP contribution in [-0.2, 0) is 15.1 Å². The minimum absolute atomic E-state index is 0.0226. The molecule has 1 aromatic heterocycles. The van der Waals surface area contributed by atoms with Crippen LogP contribution in [-0.4, -0.2) is 59.8 Å². The maximum absolute atomic E-state index is 13.0. The Kier molecular flexibility index (Phi) is 8.90. The minimum atomic E-state index is -0.696. The number of ether oxygens (including phenoxy) is 1. The van der Waals surface area contributed by atoms with Crippen molar-refractivity contribution in [3.63, 3.8) is 0 Å². The van der Waals surface area contributed by atoms with Crippen LogP contribution in [0, 0.1) is 5.92 Å². The van der Waals surface area contributed by atoms with E-state index in [0.717, 1.165) is 66.7 Å². The summed E-state index contributed by atoms with van der Waals surface area (Å²) in [7, 11) is 3.91. The molecule has 2 fully saturated rings. The Morgan fingerprint density at radius 3 is 2.34 bits per heavy atom. The normalized spacial score (nSPS) is 26.0. The molecule has 1 heterocycles. The number of hydrogen-bond acceptors (Lipinski definition) is 6. The van der Waals surface area contributed by atoms with Gasteiger partial charge >= 0.3 is 0 Å². The molecule has 2 saturated carbocycles. The molecule has 3 aromatic rings. The van der Waals surface area contributed by atoms with Gasteiger partial charge in [-0.25, -0.2) is 4.98 Å². The third-order valence-corrected chi connectivity index (χ3v) is 8.98. The number of amides is 1. The first kappa shape index (κ1) is 29.4. The number of rotatable bonds is 10. The highest BCUT2D eigenvalue weighted by atomic mass is 16.5. The van der Waals surface area contributed by atoms with Gasteiger partial charge in [-0.15, -0.1) is 0 Å². The van der Waals surface area contributed by atoms with Crippen LogP contribution in [0.25, 0.3) is 22.3 Å². The maximum Gasteiger partial charge on any atom is 0.225 e. The highest BCUT2D eigenvalue weighted by Gasteiger charge is 2.49. The van der Waals surface area contributed by atoms with Crippen LogP contribution in [0.1, 0.15) is 57.4 Å². The molecule has 218 valence electrons. The second kappa shape index (κ2) is 12.4. The highest BCUT2D eigenvalue weighted by molar-refractivity contribution is 5.92. The van der Waals surface area contributed by atoms with Crippen LogP contribution in [0.5, 0.6) is 0 Å². The first-order valence-electron chi connectivity index (χ1n) is 14.8. The summed E-state index contributed by atoms with van der Waals surface area (Å²) in [6, 6.07) is 21.0. The van der Waals surface area contributed by atoms with Crippen molar-refractivity contribution >= 4 is 11.7 Å². The zero-order chi connectivity index (χ0) is 29.0. The number of hydrogen-bond donors (Lipinski definition) is 3. The van der Waals surface area contributed by atoms with E-state index in [4.69, 9.17) is 10.5 Å². The lowest BCUT2D eigenvalue weighted by Gasteiger charge is -2.49. The quantitative estimate of drug-likeness (QED) is 0.301. The number of nitrogens with zero attached hydrogens (tertiary/aromatic N) is 2. The van der Waals surface area contributed by atoms with Crippen molar-refractivity contribution in [3.8, 4) is 22.3 Å². The Bertz CT molecular complexity index is 1310. The maximum atomic E-state index is 13.0.